The molecule has 2 nitrogen and oxygen atoms in total. The van der Waals surface area contributed by atoms with Gasteiger partial charge in [-0.1, -0.05) is 48.5 Å². The Kier molecular flexibility index (Phi) is 2.42. The zero-order valence-electron chi connectivity index (χ0n) is 9.47. The topological polar surface area (TPSA) is 40.8 Å². The van der Waals surface area contributed by atoms with Crippen molar-refractivity contribution >= 4 is 11.0 Å². The van der Waals surface area contributed by atoms with Crippen LogP contribution >= 0.6 is 0 Å². The number of hydrogen-bond acceptors (Lipinski definition) is 1. The molecule has 84 valence electrons. The Morgan fingerprint density at radius 1 is 0.882 bits per heavy atom. The normalized spacial score (nSPS) is 12.8. The van der Waals surface area contributed by atoms with E-state index >= 15 is 0 Å². The first kappa shape index (κ1) is 10.1. The minimum atomic E-state index is 0.0450. The number of hydrogen-bond donors (Lipinski definition) is 1. The Morgan fingerprint density at radius 2 is 1.59 bits per heavy atom. The van der Waals surface area contributed by atoms with Crippen LogP contribution in [-0.4, -0.2) is 0 Å². The smallest absolute Gasteiger partial charge is 0.169 e. The summed E-state index contributed by atoms with van der Waals surface area (Å²) >= 11 is 0. The molecule has 0 saturated heterocycles. The average Bonchev–Trinajstić information content (AvgIpc) is 2.82. The first-order valence-electron chi connectivity index (χ1n) is 5.71. The summed E-state index contributed by atoms with van der Waals surface area (Å²) in [5.41, 5.74) is 6.28. The van der Waals surface area contributed by atoms with Gasteiger partial charge in [0.05, 0.1) is 0 Å². The van der Waals surface area contributed by atoms with Crippen molar-refractivity contribution in [3.63, 3.8) is 0 Å². The summed E-state index contributed by atoms with van der Waals surface area (Å²) < 4.78 is 5.82. The molecule has 0 spiro atoms. The van der Waals surface area contributed by atoms with Gasteiger partial charge in [0, 0.05) is 10.9 Å². The average molecular weight is 224 g/mol. The molecular formula is C15H14NO+. The number of fused-ring (bicyclic) bond motifs is 1. The van der Waals surface area contributed by atoms with Crippen LogP contribution in [0.2, 0.25) is 0 Å². The van der Waals surface area contributed by atoms with Gasteiger partial charge in [-0.25, -0.2) is 0 Å². The number of benzene rings is 2. The van der Waals surface area contributed by atoms with E-state index in [1.54, 1.807) is 0 Å². The molecule has 0 fully saturated rings. The fraction of sp³-hybridized carbons (Fsp3) is 0.0667. The van der Waals surface area contributed by atoms with Crippen LogP contribution in [0.5, 0.6) is 0 Å². The maximum Gasteiger partial charge on any atom is 0.169 e. The zero-order chi connectivity index (χ0) is 11.7. The highest BCUT2D eigenvalue weighted by Crippen LogP contribution is 2.25. The molecule has 0 unspecified atom stereocenters. The van der Waals surface area contributed by atoms with Crippen molar-refractivity contribution in [1.82, 2.24) is 0 Å². The highest BCUT2D eigenvalue weighted by atomic mass is 16.3. The van der Waals surface area contributed by atoms with E-state index in [4.69, 9.17) is 4.42 Å². The van der Waals surface area contributed by atoms with E-state index in [0.29, 0.717) is 0 Å². The molecule has 1 aromatic heterocycles. The van der Waals surface area contributed by atoms with Gasteiger partial charge < -0.3 is 10.2 Å². The van der Waals surface area contributed by atoms with Crippen molar-refractivity contribution in [2.24, 2.45) is 0 Å². The number of para-hydroxylation sites is 1. The highest BCUT2D eigenvalue weighted by molar-refractivity contribution is 5.77. The van der Waals surface area contributed by atoms with Crippen LogP contribution in [0.3, 0.4) is 0 Å². The lowest BCUT2D eigenvalue weighted by Crippen LogP contribution is -2.53. The van der Waals surface area contributed by atoms with E-state index in [9.17, 15) is 0 Å². The van der Waals surface area contributed by atoms with Gasteiger partial charge in [-0.15, -0.1) is 0 Å². The lowest BCUT2D eigenvalue weighted by molar-refractivity contribution is -0.415. The van der Waals surface area contributed by atoms with Crippen LogP contribution in [0.25, 0.3) is 11.0 Å². The van der Waals surface area contributed by atoms with Gasteiger partial charge in [0.15, 0.2) is 11.8 Å². The van der Waals surface area contributed by atoms with Crippen LogP contribution < -0.4 is 5.73 Å². The van der Waals surface area contributed by atoms with Gasteiger partial charge in [0.1, 0.15) is 5.58 Å². The van der Waals surface area contributed by atoms with E-state index in [2.05, 4.69) is 30.0 Å². The molecule has 0 amide bonds. The van der Waals surface area contributed by atoms with E-state index in [0.717, 1.165) is 16.7 Å². The van der Waals surface area contributed by atoms with Gasteiger partial charge in [-0.3, -0.25) is 0 Å². The van der Waals surface area contributed by atoms with Crippen molar-refractivity contribution < 1.29 is 10.2 Å². The van der Waals surface area contributed by atoms with Crippen LogP contribution in [0.1, 0.15) is 17.4 Å². The van der Waals surface area contributed by atoms with Gasteiger partial charge >= 0.3 is 0 Å². The second-order valence-corrected chi connectivity index (χ2v) is 4.15. The molecule has 0 saturated carbocycles. The molecule has 0 aliphatic rings. The van der Waals surface area contributed by atoms with Crippen molar-refractivity contribution in [2.75, 3.05) is 0 Å². The van der Waals surface area contributed by atoms with Crippen molar-refractivity contribution in [1.29, 1.82) is 0 Å². The maximum atomic E-state index is 5.82. The summed E-state index contributed by atoms with van der Waals surface area (Å²) in [5, 5.41) is 1.13. The standard InChI is InChI=1S/C15H13NO/c16-15(11-6-2-1-3-7-11)14-10-12-8-4-5-9-13(12)17-14/h1-10,15H,16H2/p+1/t15-/m1/s1. The Balaban J connectivity index is 2.04. The second-order valence-electron chi connectivity index (χ2n) is 4.15. The Morgan fingerprint density at radius 3 is 2.35 bits per heavy atom. The third-order valence-electron chi connectivity index (χ3n) is 2.99. The van der Waals surface area contributed by atoms with Gasteiger partial charge in [0.25, 0.3) is 0 Å². The molecule has 0 radical (unpaired) electrons. The molecule has 1 atom stereocenters. The number of rotatable bonds is 2. The fourth-order valence-electron chi connectivity index (χ4n) is 2.02. The van der Waals surface area contributed by atoms with Crippen LogP contribution in [0.15, 0.2) is 65.1 Å². The van der Waals surface area contributed by atoms with Crippen molar-refractivity contribution in [3.8, 4) is 0 Å². The predicted molar refractivity (Wildman–Crippen MR) is 67.4 cm³/mol. The summed E-state index contributed by atoms with van der Waals surface area (Å²) in [6.45, 7) is 0. The van der Waals surface area contributed by atoms with E-state index in [1.807, 2.05) is 36.4 Å². The lowest BCUT2D eigenvalue weighted by atomic mass is 10.1. The SMILES string of the molecule is [NH3+][C@H](c1ccccc1)c1cc2ccccc2o1. The molecule has 2 aromatic carbocycles. The van der Waals surface area contributed by atoms with Crippen LogP contribution in [0.4, 0.5) is 0 Å². The molecule has 17 heavy (non-hydrogen) atoms. The van der Waals surface area contributed by atoms with E-state index in [-0.39, 0.29) is 6.04 Å². The molecule has 0 aliphatic heterocycles. The van der Waals surface area contributed by atoms with Crippen LogP contribution in [-0.2, 0) is 0 Å². The molecule has 0 bridgehead atoms. The molecule has 3 aromatic rings. The zero-order valence-corrected chi connectivity index (χ0v) is 9.47. The van der Waals surface area contributed by atoms with Gasteiger partial charge in [0.2, 0.25) is 0 Å². The Hall–Kier alpha value is -2.06. The third kappa shape index (κ3) is 1.83. The number of furan rings is 1. The molecular weight excluding hydrogens is 210 g/mol. The van der Waals surface area contributed by atoms with E-state index < -0.39 is 0 Å². The maximum absolute atomic E-state index is 5.82. The predicted octanol–water partition coefficient (Wildman–Crippen LogP) is 2.76. The first-order valence-corrected chi connectivity index (χ1v) is 5.71. The Labute approximate surface area is 99.7 Å². The molecule has 1 heterocycles. The van der Waals surface area contributed by atoms with Crippen molar-refractivity contribution in [3.05, 3.63) is 72.0 Å². The molecule has 2 heteroatoms. The summed E-state index contributed by atoms with van der Waals surface area (Å²) in [4.78, 5) is 0. The number of quaternary nitrogens is 1. The third-order valence-corrected chi connectivity index (χ3v) is 2.99. The fourth-order valence-corrected chi connectivity index (χ4v) is 2.02. The summed E-state index contributed by atoms with van der Waals surface area (Å²) in [6, 6.07) is 20.4. The molecule has 3 N–H and O–H groups in total. The largest absolute Gasteiger partial charge is 0.454 e. The minimum absolute atomic E-state index is 0.0450. The lowest BCUT2D eigenvalue weighted by Gasteiger charge is -2.04. The minimum Gasteiger partial charge on any atom is -0.454 e. The monoisotopic (exact) mass is 224 g/mol. The molecule has 3 rings (SSSR count). The van der Waals surface area contributed by atoms with Gasteiger partial charge in [-0.05, 0) is 12.1 Å². The van der Waals surface area contributed by atoms with Crippen molar-refractivity contribution in [2.45, 2.75) is 6.04 Å². The molecule has 0 aliphatic carbocycles. The summed E-state index contributed by atoms with van der Waals surface area (Å²) in [7, 11) is 0. The second kappa shape index (κ2) is 4.07. The van der Waals surface area contributed by atoms with E-state index in [1.165, 1.54) is 5.56 Å². The first-order chi connectivity index (χ1) is 8.34. The quantitative estimate of drug-likeness (QED) is 0.714. The van der Waals surface area contributed by atoms with Gasteiger partial charge in [-0.2, -0.15) is 0 Å². The summed E-state index contributed by atoms with van der Waals surface area (Å²) in [5.74, 6) is 0.914. The highest BCUT2D eigenvalue weighted by Gasteiger charge is 2.16. The Bertz CT molecular complexity index is 594. The van der Waals surface area contributed by atoms with Crippen LogP contribution in [0, 0.1) is 0 Å². The summed E-state index contributed by atoms with van der Waals surface area (Å²) in [6.07, 6.45) is 0.